The molecule has 0 aliphatic heterocycles. The molecule has 0 bridgehead atoms. The van der Waals surface area contributed by atoms with Gasteiger partial charge in [0.2, 0.25) is 5.88 Å². The van der Waals surface area contributed by atoms with Crippen LogP contribution >= 0.6 is 0 Å². The van der Waals surface area contributed by atoms with Gasteiger partial charge in [0.15, 0.2) is 0 Å². The highest BCUT2D eigenvalue weighted by Crippen LogP contribution is 2.26. The molecule has 1 heterocycles. The SMILES string of the molecule is C[C@H](N)c1ccnc(Oc2cccc(F)c2C#N)c1. The van der Waals surface area contributed by atoms with Gasteiger partial charge < -0.3 is 10.5 Å². The molecule has 0 aliphatic carbocycles. The van der Waals surface area contributed by atoms with Crippen molar-refractivity contribution in [3.05, 3.63) is 53.5 Å². The first-order chi connectivity index (χ1) is 9.11. The molecule has 0 saturated carbocycles. The second kappa shape index (κ2) is 5.46. The Morgan fingerprint density at radius 2 is 2.21 bits per heavy atom. The number of aromatic nitrogens is 1. The third kappa shape index (κ3) is 2.87. The third-order valence-electron chi connectivity index (χ3n) is 2.59. The van der Waals surface area contributed by atoms with E-state index in [-0.39, 0.29) is 23.2 Å². The Kier molecular flexibility index (Phi) is 3.74. The molecule has 0 spiro atoms. The van der Waals surface area contributed by atoms with Crippen molar-refractivity contribution in [1.29, 1.82) is 5.26 Å². The number of hydrogen-bond acceptors (Lipinski definition) is 4. The minimum Gasteiger partial charge on any atom is -0.438 e. The summed E-state index contributed by atoms with van der Waals surface area (Å²) in [5, 5.41) is 8.91. The average molecular weight is 257 g/mol. The van der Waals surface area contributed by atoms with E-state index in [0.717, 1.165) is 5.56 Å². The van der Waals surface area contributed by atoms with E-state index in [1.807, 2.05) is 6.92 Å². The second-order valence-corrected chi connectivity index (χ2v) is 4.04. The van der Waals surface area contributed by atoms with Crippen LogP contribution in [0.2, 0.25) is 0 Å². The first-order valence-corrected chi connectivity index (χ1v) is 5.70. The lowest BCUT2D eigenvalue weighted by Gasteiger charge is -2.09. The zero-order chi connectivity index (χ0) is 13.8. The lowest BCUT2D eigenvalue weighted by molar-refractivity contribution is 0.455. The van der Waals surface area contributed by atoms with Crippen molar-refractivity contribution >= 4 is 0 Å². The van der Waals surface area contributed by atoms with Crippen molar-refractivity contribution in [1.82, 2.24) is 4.98 Å². The van der Waals surface area contributed by atoms with Gasteiger partial charge >= 0.3 is 0 Å². The van der Waals surface area contributed by atoms with Gasteiger partial charge in [-0.25, -0.2) is 9.37 Å². The molecule has 2 N–H and O–H groups in total. The Balaban J connectivity index is 2.34. The monoisotopic (exact) mass is 257 g/mol. The molecule has 96 valence electrons. The average Bonchev–Trinajstić information content (AvgIpc) is 2.39. The zero-order valence-corrected chi connectivity index (χ0v) is 10.3. The van der Waals surface area contributed by atoms with Gasteiger partial charge in [0.1, 0.15) is 23.2 Å². The van der Waals surface area contributed by atoms with Gasteiger partial charge in [-0.1, -0.05) is 6.07 Å². The fourth-order valence-corrected chi connectivity index (χ4v) is 1.57. The summed E-state index contributed by atoms with van der Waals surface area (Å²) in [6, 6.07) is 9.24. The smallest absolute Gasteiger partial charge is 0.219 e. The van der Waals surface area contributed by atoms with Crippen LogP contribution in [-0.4, -0.2) is 4.98 Å². The highest BCUT2D eigenvalue weighted by atomic mass is 19.1. The fraction of sp³-hybridized carbons (Fsp3) is 0.143. The molecule has 4 nitrogen and oxygen atoms in total. The van der Waals surface area contributed by atoms with Crippen molar-refractivity contribution in [2.75, 3.05) is 0 Å². The van der Waals surface area contributed by atoms with Crippen LogP contribution in [0.1, 0.15) is 24.1 Å². The topological polar surface area (TPSA) is 71.9 Å². The largest absolute Gasteiger partial charge is 0.438 e. The van der Waals surface area contributed by atoms with Crippen LogP contribution < -0.4 is 10.5 Å². The second-order valence-electron chi connectivity index (χ2n) is 4.04. The molecule has 0 fully saturated rings. The van der Waals surface area contributed by atoms with Crippen LogP contribution in [0.3, 0.4) is 0 Å². The van der Waals surface area contributed by atoms with Gasteiger partial charge in [0.05, 0.1) is 0 Å². The number of benzene rings is 1. The number of nitriles is 1. The molecule has 1 atom stereocenters. The molecule has 2 aromatic rings. The summed E-state index contributed by atoms with van der Waals surface area (Å²) in [6.07, 6.45) is 1.55. The Hall–Kier alpha value is -2.45. The number of hydrogen-bond donors (Lipinski definition) is 1. The van der Waals surface area contributed by atoms with E-state index in [1.165, 1.54) is 18.2 Å². The number of ether oxygens (including phenoxy) is 1. The summed E-state index contributed by atoms with van der Waals surface area (Å²) in [5.74, 6) is -0.211. The van der Waals surface area contributed by atoms with E-state index in [1.54, 1.807) is 24.4 Å². The Labute approximate surface area is 110 Å². The summed E-state index contributed by atoms with van der Waals surface area (Å²) in [6.45, 7) is 1.84. The highest BCUT2D eigenvalue weighted by molar-refractivity contribution is 5.45. The van der Waals surface area contributed by atoms with Gasteiger partial charge in [-0.3, -0.25) is 0 Å². The fourth-order valence-electron chi connectivity index (χ4n) is 1.57. The number of halogens is 1. The predicted octanol–water partition coefficient (Wildman–Crippen LogP) is 2.90. The van der Waals surface area contributed by atoms with E-state index < -0.39 is 5.82 Å². The Bertz CT molecular complexity index is 635. The summed E-state index contributed by atoms with van der Waals surface area (Å²) in [4.78, 5) is 4.01. The van der Waals surface area contributed by atoms with Gasteiger partial charge in [-0.05, 0) is 30.7 Å². The molecular weight excluding hydrogens is 245 g/mol. The van der Waals surface area contributed by atoms with Crippen molar-refractivity contribution in [3.8, 4) is 17.7 Å². The van der Waals surface area contributed by atoms with Gasteiger partial charge in [-0.15, -0.1) is 0 Å². The maximum absolute atomic E-state index is 13.4. The van der Waals surface area contributed by atoms with Crippen LogP contribution in [0.4, 0.5) is 4.39 Å². The highest BCUT2D eigenvalue weighted by Gasteiger charge is 2.11. The third-order valence-corrected chi connectivity index (χ3v) is 2.59. The molecule has 1 aromatic carbocycles. The number of nitrogens with two attached hydrogens (primary N) is 1. The molecule has 5 heteroatoms. The van der Waals surface area contributed by atoms with Crippen LogP contribution in [-0.2, 0) is 0 Å². The quantitative estimate of drug-likeness (QED) is 0.917. The molecule has 0 amide bonds. The van der Waals surface area contributed by atoms with Crippen molar-refractivity contribution in [2.45, 2.75) is 13.0 Å². The molecule has 1 aromatic heterocycles. The van der Waals surface area contributed by atoms with E-state index in [2.05, 4.69) is 4.98 Å². The molecule has 19 heavy (non-hydrogen) atoms. The Morgan fingerprint density at radius 3 is 2.89 bits per heavy atom. The molecule has 2 rings (SSSR count). The maximum atomic E-state index is 13.4. The van der Waals surface area contributed by atoms with Crippen molar-refractivity contribution in [3.63, 3.8) is 0 Å². The lowest BCUT2D eigenvalue weighted by atomic mass is 10.1. The van der Waals surface area contributed by atoms with Crippen LogP contribution in [0, 0.1) is 17.1 Å². The summed E-state index contributed by atoms with van der Waals surface area (Å²) in [7, 11) is 0. The first-order valence-electron chi connectivity index (χ1n) is 5.70. The Morgan fingerprint density at radius 1 is 1.42 bits per heavy atom. The molecule has 0 aliphatic rings. The summed E-state index contributed by atoms with van der Waals surface area (Å²) in [5.41, 5.74) is 6.46. The summed E-state index contributed by atoms with van der Waals surface area (Å²) < 4.78 is 18.9. The molecular formula is C14H12FN3O. The lowest BCUT2D eigenvalue weighted by Crippen LogP contribution is -2.05. The van der Waals surface area contributed by atoms with Crippen LogP contribution in [0.15, 0.2) is 36.5 Å². The van der Waals surface area contributed by atoms with Crippen molar-refractivity contribution < 1.29 is 9.13 Å². The zero-order valence-electron chi connectivity index (χ0n) is 10.3. The molecule has 0 radical (unpaired) electrons. The van der Waals surface area contributed by atoms with Gasteiger partial charge in [0.25, 0.3) is 0 Å². The van der Waals surface area contributed by atoms with Gasteiger partial charge in [-0.2, -0.15) is 5.26 Å². The molecule has 0 saturated heterocycles. The standard InChI is InChI=1S/C14H12FN3O/c1-9(17)10-5-6-18-14(7-10)19-13-4-2-3-12(15)11(13)8-16/h2-7,9H,17H2,1H3/t9-/m0/s1. The molecule has 0 unspecified atom stereocenters. The first kappa shape index (κ1) is 13.0. The van der Waals surface area contributed by atoms with E-state index in [4.69, 9.17) is 15.7 Å². The van der Waals surface area contributed by atoms with Crippen LogP contribution in [0.5, 0.6) is 11.6 Å². The number of pyridine rings is 1. The van der Waals surface area contributed by atoms with E-state index in [0.29, 0.717) is 0 Å². The number of nitrogens with zero attached hydrogens (tertiary/aromatic N) is 2. The minimum absolute atomic E-state index is 0.136. The number of rotatable bonds is 3. The van der Waals surface area contributed by atoms with E-state index >= 15 is 0 Å². The maximum Gasteiger partial charge on any atom is 0.219 e. The van der Waals surface area contributed by atoms with E-state index in [9.17, 15) is 4.39 Å². The van der Waals surface area contributed by atoms with Crippen LogP contribution in [0.25, 0.3) is 0 Å². The predicted molar refractivity (Wildman–Crippen MR) is 68.0 cm³/mol. The van der Waals surface area contributed by atoms with Crippen molar-refractivity contribution in [2.24, 2.45) is 5.73 Å². The minimum atomic E-state index is -0.622. The normalized spacial score (nSPS) is 11.7. The summed E-state index contributed by atoms with van der Waals surface area (Å²) >= 11 is 0. The van der Waals surface area contributed by atoms with Gasteiger partial charge in [0, 0.05) is 18.3 Å².